The Hall–Kier alpha value is -2.27. The summed E-state index contributed by atoms with van der Waals surface area (Å²) in [5.74, 6) is 0.728. The number of hydrogen-bond acceptors (Lipinski definition) is 3. The van der Waals surface area contributed by atoms with Crippen LogP contribution in [0.4, 0.5) is 0 Å². The summed E-state index contributed by atoms with van der Waals surface area (Å²) in [6.07, 6.45) is 1.87. The molecule has 0 aliphatic heterocycles. The van der Waals surface area contributed by atoms with Crippen molar-refractivity contribution in [1.82, 2.24) is 4.98 Å². The highest BCUT2D eigenvalue weighted by atomic mass is 79.9. The third-order valence-electron chi connectivity index (χ3n) is 3.19. The number of carbonyl (C=O) groups is 1. The van der Waals surface area contributed by atoms with E-state index in [1.807, 2.05) is 30.5 Å². The number of carbonyl (C=O) groups excluding carboxylic acids is 1. The molecule has 2 aromatic carbocycles. The summed E-state index contributed by atoms with van der Waals surface area (Å²) in [4.78, 5) is 15.1. The quantitative estimate of drug-likeness (QED) is 0.674. The Balaban J connectivity index is 1.96. The lowest BCUT2D eigenvalue weighted by molar-refractivity contribution is 0.0523. The van der Waals surface area contributed by atoms with Gasteiger partial charge in [0.15, 0.2) is 0 Å². The second-order valence-corrected chi connectivity index (χ2v) is 5.61. The van der Waals surface area contributed by atoms with Crippen LogP contribution < -0.4 is 4.74 Å². The van der Waals surface area contributed by atoms with Gasteiger partial charge >= 0.3 is 5.97 Å². The molecule has 1 N–H and O–H groups in total. The molecule has 0 fully saturated rings. The van der Waals surface area contributed by atoms with E-state index in [0.29, 0.717) is 23.7 Å². The van der Waals surface area contributed by atoms with E-state index in [9.17, 15) is 4.79 Å². The number of aromatic amines is 1. The van der Waals surface area contributed by atoms with Gasteiger partial charge in [0, 0.05) is 21.6 Å². The molecule has 4 nitrogen and oxygen atoms in total. The molecule has 0 radical (unpaired) electrons. The van der Waals surface area contributed by atoms with Gasteiger partial charge in [0.05, 0.1) is 6.61 Å². The minimum Gasteiger partial charge on any atom is -0.462 e. The number of hydrogen-bond donors (Lipinski definition) is 1. The van der Waals surface area contributed by atoms with E-state index < -0.39 is 5.97 Å². The van der Waals surface area contributed by atoms with Crippen LogP contribution in [-0.4, -0.2) is 17.6 Å². The fourth-order valence-corrected chi connectivity index (χ4v) is 2.52. The monoisotopic (exact) mass is 359 g/mol. The van der Waals surface area contributed by atoms with Gasteiger partial charge in [-0.2, -0.15) is 0 Å². The van der Waals surface area contributed by atoms with Gasteiger partial charge in [-0.25, -0.2) is 4.79 Å². The maximum absolute atomic E-state index is 12.0. The summed E-state index contributed by atoms with van der Waals surface area (Å²) in [6.45, 7) is 2.10. The summed E-state index contributed by atoms with van der Waals surface area (Å²) in [5, 5.41) is 1.05. The first kappa shape index (κ1) is 14.7. The predicted octanol–water partition coefficient (Wildman–Crippen LogP) is 4.90. The molecule has 3 rings (SSSR count). The molecular formula is C17H14BrNO3. The van der Waals surface area contributed by atoms with Crippen molar-refractivity contribution in [2.24, 2.45) is 0 Å². The number of benzene rings is 2. The van der Waals surface area contributed by atoms with Gasteiger partial charge < -0.3 is 14.5 Å². The lowest BCUT2D eigenvalue weighted by Gasteiger charge is -2.11. The first-order valence-corrected chi connectivity index (χ1v) is 7.68. The Morgan fingerprint density at radius 2 is 2.05 bits per heavy atom. The number of H-pyrrole nitrogens is 1. The van der Waals surface area contributed by atoms with Crippen LogP contribution in [-0.2, 0) is 4.74 Å². The highest BCUT2D eigenvalue weighted by Crippen LogP contribution is 2.30. The lowest BCUT2D eigenvalue weighted by Crippen LogP contribution is -2.06. The number of esters is 1. The van der Waals surface area contributed by atoms with Crippen molar-refractivity contribution < 1.29 is 14.3 Å². The molecule has 0 amide bonds. The van der Waals surface area contributed by atoms with Gasteiger partial charge in [0.1, 0.15) is 17.1 Å². The van der Waals surface area contributed by atoms with Crippen molar-refractivity contribution in [3.63, 3.8) is 0 Å². The van der Waals surface area contributed by atoms with Crippen molar-refractivity contribution in [2.75, 3.05) is 6.61 Å². The van der Waals surface area contributed by atoms with Crippen LogP contribution in [0.25, 0.3) is 10.9 Å². The van der Waals surface area contributed by atoms with Crippen LogP contribution >= 0.6 is 15.9 Å². The average Bonchev–Trinajstić information content (AvgIpc) is 2.95. The molecule has 0 atom stereocenters. The van der Waals surface area contributed by atoms with Crippen LogP contribution in [0, 0.1) is 0 Å². The summed E-state index contributed by atoms with van der Waals surface area (Å²) < 4.78 is 11.8. The van der Waals surface area contributed by atoms with Gasteiger partial charge in [-0.15, -0.1) is 0 Å². The fraction of sp³-hybridized carbons (Fsp3) is 0.118. The zero-order chi connectivity index (χ0) is 15.5. The number of ether oxygens (including phenoxy) is 2. The molecule has 3 aromatic rings. The lowest BCUT2D eigenvalue weighted by atomic mass is 10.2. The summed E-state index contributed by atoms with van der Waals surface area (Å²) in [5.41, 5.74) is 1.44. The number of aromatic nitrogens is 1. The van der Waals surface area contributed by atoms with E-state index in [1.54, 1.807) is 25.1 Å². The smallest absolute Gasteiger partial charge is 0.341 e. The molecule has 112 valence electrons. The van der Waals surface area contributed by atoms with Crippen molar-refractivity contribution in [3.05, 3.63) is 58.7 Å². The summed E-state index contributed by atoms with van der Waals surface area (Å²) in [6, 6.07) is 12.9. The Morgan fingerprint density at radius 3 is 2.86 bits per heavy atom. The molecule has 0 saturated carbocycles. The SMILES string of the molecule is CCOC(=O)c1ccc(Br)cc1Oc1ccc2[nH]ccc2c1. The van der Waals surface area contributed by atoms with Crippen LogP contribution in [0.3, 0.4) is 0 Å². The van der Waals surface area contributed by atoms with Crippen molar-refractivity contribution in [2.45, 2.75) is 6.92 Å². The maximum atomic E-state index is 12.0. The third-order valence-corrected chi connectivity index (χ3v) is 3.68. The number of halogens is 1. The second kappa shape index (κ2) is 6.23. The minimum absolute atomic E-state index is 0.323. The van der Waals surface area contributed by atoms with E-state index in [0.717, 1.165) is 15.4 Å². The number of nitrogens with one attached hydrogen (secondary N) is 1. The maximum Gasteiger partial charge on any atom is 0.341 e. The van der Waals surface area contributed by atoms with Crippen LogP contribution in [0.5, 0.6) is 11.5 Å². The van der Waals surface area contributed by atoms with Crippen LogP contribution in [0.15, 0.2) is 53.1 Å². The number of fused-ring (bicyclic) bond motifs is 1. The van der Waals surface area contributed by atoms with Gasteiger partial charge in [-0.05, 0) is 49.4 Å². The Labute approximate surface area is 136 Å². The van der Waals surface area contributed by atoms with E-state index in [1.165, 1.54) is 0 Å². The zero-order valence-electron chi connectivity index (χ0n) is 11.9. The first-order chi connectivity index (χ1) is 10.7. The third kappa shape index (κ3) is 2.99. The van der Waals surface area contributed by atoms with Crippen LogP contribution in [0.2, 0.25) is 0 Å². The normalized spacial score (nSPS) is 10.6. The molecule has 0 aliphatic carbocycles. The average molecular weight is 360 g/mol. The molecule has 0 unspecified atom stereocenters. The minimum atomic E-state index is -0.396. The largest absolute Gasteiger partial charge is 0.462 e. The highest BCUT2D eigenvalue weighted by Gasteiger charge is 2.15. The summed E-state index contributed by atoms with van der Waals surface area (Å²) in [7, 11) is 0. The van der Waals surface area contributed by atoms with E-state index in [-0.39, 0.29) is 0 Å². The van der Waals surface area contributed by atoms with Gasteiger partial charge in [-0.3, -0.25) is 0 Å². The molecular weight excluding hydrogens is 346 g/mol. The van der Waals surface area contributed by atoms with E-state index in [2.05, 4.69) is 20.9 Å². The van der Waals surface area contributed by atoms with Gasteiger partial charge in [0.25, 0.3) is 0 Å². The zero-order valence-corrected chi connectivity index (χ0v) is 13.5. The molecule has 1 heterocycles. The van der Waals surface area contributed by atoms with Crippen molar-refractivity contribution in [3.8, 4) is 11.5 Å². The molecule has 0 aliphatic rings. The Kier molecular flexibility index (Phi) is 4.15. The van der Waals surface area contributed by atoms with Gasteiger partial charge in [-0.1, -0.05) is 15.9 Å². The second-order valence-electron chi connectivity index (χ2n) is 4.69. The van der Waals surface area contributed by atoms with Gasteiger partial charge in [0.2, 0.25) is 0 Å². The van der Waals surface area contributed by atoms with E-state index >= 15 is 0 Å². The molecule has 0 saturated heterocycles. The van der Waals surface area contributed by atoms with Crippen molar-refractivity contribution >= 4 is 32.8 Å². The van der Waals surface area contributed by atoms with E-state index in [4.69, 9.17) is 9.47 Å². The highest BCUT2D eigenvalue weighted by molar-refractivity contribution is 9.10. The fourth-order valence-electron chi connectivity index (χ4n) is 2.18. The number of rotatable bonds is 4. The molecule has 0 bridgehead atoms. The topological polar surface area (TPSA) is 51.3 Å². The molecule has 5 heteroatoms. The Bertz CT molecular complexity index is 826. The molecule has 22 heavy (non-hydrogen) atoms. The van der Waals surface area contributed by atoms with Crippen molar-refractivity contribution in [1.29, 1.82) is 0 Å². The molecule has 1 aromatic heterocycles. The first-order valence-electron chi connectivity index (χ1n) is 6.89. The van der Waals surface area contributed by atoms with Crippen LogP contribution in [0.1, 0.15) is 17.3 Å². The predicted molar refractivity (Wildman–Crippen MR) is 88.5 cm³/mol. The molecule has 0 spiro atoms. The summed E-state index contributed by atoms with van der Waals surface area (Å²) >= 11 is 3.39. The Morgan fingerprint density at radius 1 is 1.18 bits per heavy atom. The standard InChI is InChI=1S/C17H14BrNO3/c1-2-21-17(20)14-5-3-12(18)10-16(14)22-13-4-6-15-11(9-13)7-8-19-15/h3-10,19H,2H2,1H3.